The van der Waals surface area contributed by atoms with Gasteiger partial charge in [0.2, 0.25) is 27.8 Å². The molecule has 0 radical (unpaired) electrons. The molecule has 0 spiro atoms. The number of aliphatic hydroxyl groups is 1. The molecule has 0 bridgehead atoms. The summed E-state index contributed by atoms with van der Waals surface area (Å²) in [6.45, 7) is 5.37. The average molecular weight is 881 g/mol. The smallest absolute Gasteiger partial charge is 0.388 e. The van der Waals surface area contributed by atoms with Crippen LogP contribution >= 0.6 is 0 Å². The second-order valence-corrected chi connectivity index (χ2v) is 18.5. The lowest BCUT2D eigenvalue weighted by Crippen LogP contribution is -2.47. The Morgan fingerprint density at radius 3 is 2.38 bits per heavy atom. The van der Waals surface area contributed by atoms with Crippen LogP contribution in [0.4, 0.5) is 49.5 Å². The van der Waals surface area contributed by atoms with E-state index in [9.17, 15) is 45.1 Å². The number of sulfonamides is 1. The van der Waals surface area contributed by atoms with E-state index in [1.807, 2.05) is 6.07 Å². The van der Waals surface area contributed by atoms with Crippen LogP contribution in [0.2, 0.25) is 0 Å². The van der Waals surface area contributed by atoms with Crippen molar-refractivity contribution in [1.82, 2.24) is 24.9 Å². The van der Waals surface area contributed by atoms with Crippen LogP contribution in [0.25, 0.3) is 0 Å². The van der Waals surface area contributed by atoms with Gasteiger partial charge >= 0.3 is 6.18 Å². The number of hydrogen-bond acceptors (Lipinski definition) is 11. The van der Waals surface area contributed by atoms with Gasteiger partial charge in [-0.1, -0.05) is 6.07 Å². The fourth-order valence-corrected chi connectivity index (χ4v) is 10.2. The number of nitrogens with one attached hydrogen (secondary N) is 3. The average Bonchev–Trinajstić information content (AvgIpc) is 3.20. The Labute approximate surface area is 350 Å². The lowest BCUT2D eigenvalue weighted by Gasteiger charge is -2.38. The van der Waals surface area contributed by atoms with Crippen LogP contribution in [0.15, 0.2) is 47.5 Å². The van der Waals surface area contributed by atoms with Gasteiger partial charge in [0.1, 0.15) is 17.2 Å². The first-order valence-corrected chi connectivity index (χ1v) is 22.1. The molecule has 3 aromatic rings. The first kappa shape index (κ1) is 44.5. The number of anilines is 4. The number of rotatable bonds is 12. The molecule has 4 heterocycles. The zero-order chi connectivity index (χ0) is 43.7. The first-order valence-electron chi connectivity index (χ1n) is 20.6. The molecular weight excluding hydrogens is 831 g/mol. The largest absolute Gasteiger partial charge is 0.421 e. The normalized spacial score (nSPS) is 24.6. The monoisotopic (exact) mass is 880 g/mol. The van der Waals surface area contributed by atoms with Crippen molar-refractivity contribution in [2.75, 3.05) is 60.9 Å². The minimum Gasteiger partial charge on any atom is -0.388 e. The van der Waals surface area contributed by atoms with Crippen LogP contribution in [0.1, 0.15) is 93.7 Å². The lowest BCUT2D eigenvalue weighted by molar-refractivity contribution is -0.138. The highest BCUT2D eigenvalue weighted by Gasteiger charge is 2.40. The number of piperazine rings is 1. The third-order valence-electron chi connectivity index (χ3n) is 12.2. The summed E-state index contributed by atoms with van der Waals surface area (Å²) in [5.74, 6) is -2.52. The fraction of sp³-hybridized carbons (Fsp3) is 0.561. The van der Waals surface area contributed by atoms with E-state index in [4.69, 9.17) is 0 Å². The summed E-state index contributed by atoms with van der Waals surface area (Å²) in [6, 6.07) is 7.59. The zero-order valence-electron chi connectivity index (χ0n) is 33.7. The number of benzene rings is 2. The second-order valence-electron chi connectivity index (χ2n) is 16.8. The van der Waals surface area contributed by atoms with E-state index in [-0.39, 0.29) is 48.0 Å². The quantitative estimate of drug-likeness (QED) is 0.121. The maximum absolute atomic E-state index is 15.1. The van der Waals surface area contributed by atoms with E-state index in [1.165, 1.54) is 17.9 Å². The minimum absolute atomic E-state index is 0.130. The van der Waals surface area contributed by atoms with Gasteiger partial charge in [-0.25, -0.2) is 31.3 Å². The van der Waals surface area contributed by atoms with Crippen molar-refractivity contribution < 1.29 is 49.5 Å². The summed E-state index contributed by atoms with van der Waals surface area (Å²) in [7, 11) is -4.21. The number of β-amino-alcohol motifs (C(OH)–C–C–N with tert-alkyl or cyclic N) is 1. The second kappa shape index (κ2) is 18.1. The summed E-state index contributed by atoms with van der Waals surface area (Å²) in [6.07, 6.45) is -2.57. The molecule has 1 aliphatic carbocycles. The van der Waals surface area contributed by atoms with Gasteiger partial charge in [-0.3, -0.25) is 19.8 Å². The highest BCUT2D eigenvalue weighted by molar-refractivity contribution is 7.89. The summed E-state index contributed by atoms with van der Waals surface area (Å²) in [4.78, 5) is 36.8. The number of carbonyl (C=O) groups is 2. The molecule has 1 unspecified atom stereocenters. The molecule has 20 heteroatoms. The standard InChI is InChI=1S/C41H50F6N8O5S/c1-40(58)14-2-15-55(24-40)37-32(41(45,46)47)23-48-39(51-37)49-34-11-8-28(22-31(34)36(43)44)61(59,60)52-26-5-3-25(4-6-26)13-16-53-17-19-54(20-18-53)27-7-9-29(33(42)21-27)30-10-12-35(56)50-38(30)57/h7-9,11,21-23,25-26,30,36,52,58H,2-6,10,12-20,24H2,1H3,(H,48,49,51)(H,50,56,57)/t25?,26?,30?,40-/m0/s1. The summed E-state index contributed by atoms with van der Waals surface area (Å²) in [5.41, 5.74) is -2.36. The number of hydrogen-bond donors (Lipinski definition) is 4. The Hall–Kier alpha value is -4.53. The van der Waals surface area contributed by atoms with Crippen LogP contribution in [-0.2, 0) is 25.8 Å². The molecule has 61 heavy (non-hydrogen) atoms. The van der Waals surface area contributed by atoms with Gasteiger partial charge < -0.3 is 20.2 Å². The lowest BCUT2D eigenvalue weighted by atomic mass is 9.84. The predicted molar refractivity (Wildman–Crippen MR) is 215 cm³/mol. The molecule has 7 rings (SSSR count). The number of imide groups is 1. The summed E-state index contributed by atoms with van der Waals surface area (Å²) < 4.78 is 115. The van der Waals surface area contributed by atoms with E-state index < -0.39 is 74.8 Å². The molecular formula is C41H50F6N8O5S. The van der Waals surface area contributed by atoms with Gasteiger partial charge in [0, 0.05) is 80.4 Å². The van der Waals surface area contributed by atoms with Gasteiger partial charge in [-0.15, -0.1) is 0 Å². The Balaban J connectivity index is 0.897. The Kier molecular flexibility index (Phi) is 13.2. The third-order valence-corrected chi connectivity index (χ3v) is 13.7. The Bertz CT molecular complexity index is 2200. The van der Waals surface area contributed by atoms with Gasteiger partial charge in [0.15, 0.2) is 0 Å². The highest BCUT2D eigenvalue weighted by atomic mass is 32.2. The maximum atomic E-state index is 15.1. The predicted octanol–water partition coefficient (Wildman–Crippen LogP) is 6.24. The molecule has 2 amide bonds. The molecule has 332 valence electrons. The minimum atomic E-state index is -4.82. The molecule has 1 saturated carbocycles. The van der Waals surface area contributed by atoms with Gasteiger partial charge in [0.05, 0.1) is 16.4 Å². The van der Waals surface area contributed by atoms with E-state index in [2.05, 4.69) is 35.1 Å². The molecule has 3 saturated heterocycles. The van der Waals surface area contributed by atoms with E-state index in [1.54, 1.807) is 6.07 Å². The third kappa shape index (κ3) is 10.7. The van der Waals surface area contributed by atoms with Crippen LogP contribution in [0.3, 0.4) is 0 Å². The van der Waals surface area contributed by atoms with Gasteiger partial charge in [0.25, 0.3) is 6.43 Å². The molecule has 3 aliphatic heterocycles. The number of carbonyl (C=O) groups excluding carboxylic acids is 2. The van der Waals surface area contributed by atoms with Gasteiger partial charge in [-0.2, -0.15) is 18.2 Å². The molecule has 4 aliphatic rings. The van der Waals surface area contributed by atoms with Crippen molar-refractivity contribution in [2.45, 2.75) is 99.8 Å². The van der Waals surface area contributed by atoms with Crippen LogP contribution < -0.4 is 25.2 Å². The number of piperidine rings is 2. The topological polar surface area (TPSA) is 160 Å². The summed E-state index contributed by atoms with van der Waals surface area (Å²) >= 11 is 0. The van der Waals surface area contributed by atoms with E-state index >= 15 is 4.39 Å². The maximum Gasteiger partial charge on any atom is 0.421 e. The number of amides is 2. The zero-order valence-corrected chi connectivity index (χ0v) is 34.5. The number of aromatic nitrogens is 2. The fourth-order valence-electron chi connectivity index (χ4n) is 8.83. The first-order chi connectivity index (χ1) is 28.8. The van der Waals surface area contributed by atoms with Crippen molar-refractivity contribution >= 4 is 45.0 Å². The number of alkyl halides is 5. The molecule has 2 aromatic carbocycles. The van der Waals surface area contributed by atoms with Crippen molar-refractivity contribution in [1.29, 1.82) is 0 Å². The molecule has 2 atom stereocenters. The number of nitrogens with zero attached hydrogens (tertiary/aromatic N) is 5. The van der Waals surface area contributed by atoms with Crippen LogP contribution in [-0.4, -0.2) is 97.7 Å². The Morgan fingerprint density at radius 1 is 0.984 bits per heavy atom. The van der Waals surface area contributed by atoms with Crippen molar-refractivity contribution in [3.05, 3.63) is 65.1 Å². The number of halogens is 6. The highest BCUT2D eigenvalue weighted by Crippen LogP contribution is 2.39. The Morgan fingerprint density at radius 2 is 1.72 bits per heavy atom. The van der Waals surface area contributed by atoms with Crippen molar-refractivity contribution in [3.8, 4) is 0 Å². The van der Waals surface area contributed by atoms with Crippen LogP contribution in [0, 0.1) is 11.7 Å². The molecule has 1 aromatic heterocycles. The van der Waals surface area contributed by atoms with Crippen molar-refractivity contribution in [2.24, 2.45) is 5.92 Å². The van der Waals surface area contributed by atoms with Gasteiger partial charge in [-0.05, 0) is 101 Å². The molecule has 4 N–H and O–H groups in total. The van der Waals surface area contributed by atoms with E-state index in [0.29, 0.717) is 50.9 Å². The van der Waals surface area contributed by atoms with E-state index in [0.717, 1.165) is 62.8 Å². The SMILES string of the molecule is C[C@]1(O)CCCN(c2nc(Nc3ccc(S(=O)(=O)NC4CCC(CCN5CCN(c6ccc(C7CCC(=O)NC7=O)c(F)c6)CC5)CC4)cc3C(F)F)ncc2C(F)(F)F)C1. The molecule has 4 fully saturated rings. The molecule has 13 nitrogen and oxygen atoms in total. The van der Waals surface area contributed by atoms with Crippen molar-refractivity contribution in [3.63, 3.8) is 0 Å². The van der Waals surface area contributed by atoms with Crippen LogP contribution in [0.5, 0.6) is 0 Å². The summed E-state index contributed by atoms with van der Waals surface area (Å²) in [5, 5.41) is 15.3.